The van der Waals surface area contributed by atoms with Gasteiger partial charge >= 0.3 is 0 Å². The maximum atomic E-state index is 5.27. The van der Waals surface area contributed by atoms with Gasteiger partial charge in [0.15, 0.2) is 0 Å². The van der Waals surface area contributed by atoms with Crippen LogP contribution in [0.1, 0.15) is 23.2 Å². The molecule has 2 heterocycles. The van der Waals surface area contributed by atoms with Crippen molar-refractivity contribution in [2.24, 2.45) is 0 Å². The van der Waals surface area contributed by atoms with Crippen molar-refractivity contribution in [2.45, 2.75) is 19.4 Å². The molecule has 0 aliphatic carbocycles. The van der Waals surface area contributed by atoms with E-state index in [-0.39, 0.29) is 0 Å². The smallest absolute Gasteiger partial charge is 0.118 e. The van der Waals surface area contributed by atoms with Gasteiger partial charge in [0.25, 0.3) is 0 Å². The predicted octanol–water partition coefficient (Wildman–Crippen LogP) is 7.00. The maximum Gasteiger partial charge on any atom is 0.118 e. The molecule has 0 fully saturated rings. The first-order valence-electron chi connectivity index (χ1n) is 11.1. The van der Waals surface area contributed by atoms with Gasteiger partial charge in [-0.15, -0.1) is 0 Å². The van der Waals surface area contributed by atoms with E-state index >= 15 is 0 Å². The van der Waals surface area contributed by atoms with Crippen LogP contribution in [-0.2, 0) is 13.0 Å². The van der Waals surface area contributed by atoms with Crippen LogP contribution >= 0.6 is 0 Å². The van der Waals surface area contributed by atoms with Gasteiger partial charge in [-0.2, -0.15) is 0 Å². The minimum absolute atomic E-state index is 0.862. The van der Waals surface area contributed by atoms with E-state index in [1.165, 1.54) is 27.4 Å². The molecule has 32 heavy (non-hydrogen) atoms. The lowest BCUT2D eigenvalue weighted by molar-refractivity contribution is 0.415. The molecule has 3 heteroatoms. The monoisotopic (exact) mass is 418 g/mol. The quantitative estimate of drug-likeness (QED) is 0.284. The fourth-order valence-electron chi connectivity index (χ4n) is 4.36. The zero-order valence-corrected chi connectivity index (χ0v) is 18.2. The number of methoxy groups -OCH3 is 1. The fraction of sp³-hybridized carbons (Fsp3) is 0.138. The molecule has 0 N–H and O–H groups in total. The number of para-hydroxylation sites is 1. The van der Waals surface area contributed by atoms with Crippen LogP contribution < -0.4 is 4.74 Å². The van der Waals surface area contributed by atoms with Crippen molar-refractivity contribution in [1.82, 2.24) is 9.55 Å². The van der Waals surface area contributed by atoms with Crippen LogP contribution in [-0.4, -0.2) is 16.7 Å². The minimum Gasteiger partial charge on any atom is -0.497 e. The molecular formula is C29H26N2O. The highest BCUT2D eigenvalue weighted by Crippen LogP contribution is 2.31. The first-order chi connectivity index (χ1) is 15.8. The van der Waals surface area contributed by atoms with Crippen molar-refractivity contribution < 1.29 is 4.74 Å². The number of hydrogen-bond acceptors (Lipinski definition) is 2. The van der Waals surface area contributed by atoms with Gasteiger partial charge in [0.05, 0.1) is 18.3 Å². The van der Waals surface area contributed by atoms with E-state index in [4.69, 9.17) is 9.72 Å². The Balaban J connectivity index is 1.52. The summed E-state index contributed by atoms with van der Waals surface area (Å²) in [5.41, 5.74) is 5.96. The van der Waals surface area contributed by atoms with Gasteiger partial charge in [0.2, 0.25) is 0 Å². The van der Waals surface area contributed by atoms with Gasteiger partial charge in [0.1, 0.15) is 5.75 Å². The lowest BCUT2D eigenvalue weighted by Crippen LogP contribution is -2.01. The SMILES string of the molecule is COc1ccc(C=Cc2nccc3c4ccccc4n(CCCc4ccccc4)c23)cc1. The van der Waals surface area contributed by atoms with E-state index in [9.17, 15) is 0 Å². The zero-order chi connectivity index (χ0) is 21.8. The highest BCUT2D eigenvalue weighted by molar-refractivity contribution is 6.10. The fourth-order valence-corrected chi connectivity index (χ4v) is 4.36. The molecule has 0 saturated heterocycles. The third kappa shape index (κ3) is 4.02. The summed E-state index contributed by atoms with van der Waals surface area (Å²) in [5.74, 6) is 0.862. The van der Waals surface area contributed by atoms with Crippen LogP contribution in [0.5, 0.6) is 5.75 Å². The number of fused-ring (bicyclic) bond motifs is 3. The van der Waals surface area contributed by atoms with Crippen LogP contribution in [0.15, 0.2) is 91.1 Å². The average molecular weight is 419 g/mol. The Morgan fingerprint density at radius 1 is 0.812 bits per heavy atom. The standard InChI is InChI=1S/C29H26N2O/c1-32-24-16-13-23(14-17-24)15-18-27-29-26(19-20-30-27)25-11-5-6-12-28(25)31(29)21-7-10-22-8-3-2-4-9-22/h2-6,8-9,11-20H,7,10,21H2,1H3. The number of aromatic nitrogens is 2. The van der Waals surface area contributed by atoms with Gasteiger partial charge in [-0.05, 0) is 54.3 Å². The van der Waals surface area contributed by atoms with E-state index in [1.807, 2.05) is 18.3 Å². The number of nitrogens with zero attached hydrogens (tertiary/aromatic N) is 2. The van der Waals surface area contributed by atoms with E-state index in [2.05, 4.69) is 89.5 Å². The summed E-state index contributed by atoms with van der Waals surface area (Å²) in [5, 5.41) is 2.54. The lowest BCUT2D eigenvalue weighted by atomic mass is 10.1. The van der Waals surface area contributed by atoms with E-state index in [0.29, 0.717) is 0 Å². The van der Waals surface area contributed by atoms with Gasteiger partial charge in [-0.25, -0.2) is 0 Å². The molecule has 0 aliphatic rings. The summed E-state index contributed by atoms with van der Waals surface area (Å²) in [6.45, 7) is 0.952. The predicted molar refractivity (Wildman–Crippen MR) is 134 cm³/mol. The molecule has 0 bridgehead atoms. The molecule has 2 aromatic heterocycles. The van der Waals surface area contributed by atoms with E-state index in [1.54, 1.807) is 7.11 Å². The molecule has 0 amide bonds. The largest absolute Gasteiger partial charge is 0.497 e. The van der Waals surface area contributed by atoms with Gasteiger partial charge < -0.3 is 9.30 Å². The first kappa shape index (κ1) is 20.1. The molecule has 0 spiro atoms. The molecule has 3 aromatic carbocycles. The van der Waals surface area contributed by atoms with Gasteiger partial charge in [0, 0.05) is 29.0 Å². The Hall–Kier alpha value is -3.85. The Kier molecular flexibility index (Phi) is 5.71. The van der Waals surface area contributed by atoms with Crippen molar-refractivity contribution in [3.8, 4) is 5.75 Å². The molecular weight excluding hydrogens is 392 g/mol. The van der Waals surface area contributed by atoms with Crippen LogP contribution in [0.3, 0.4) is 0 Å². The number of aryl methyl sites for hydroxylation is 2. The number of rotatable bonds is 7. The molecule has 5 aromatic rings. The molecule has 158 valence electrons. The van der Waals surface area contributed by atoms with E-state index < -0.39 is 0 Å². The summed E-state index contributed by atoms with van der Waals surface area (Å²) in [6, 6.07) is 29.6. The average Bonchev–Trinajstić information content (AvgIpc) is 3.18. The second kappa shape index (κ2) is 9.11. The number of hydrogen-bond donors (Lipinski definition) is 0. The number of ether oxygens (including phenoxy) is 1. The molecule has 0 saturated carbocycles. The molecule has 0 unspecified atom stereocenters. The van der Waals surface area contributed by atoms with Crippen LogP contribution in [0, 0.1) is 0 Å². The Labute approximate surface area is 188 Å². The van der Waals surface area contributed by atoms with Gasteiger partial charge in [-0.1, -0.05) is 66.7 Å². The summed E-state index contributed by atoms with van der Waals surface area (Å²) in [6.07, 6.45) is 8.29. The van der Waals surface area contributed by atoms with Crippen molar-refractivity contribution in [3.63, 3.8) is 0 Å². The Morgan fingerprint density at radius 3 is 2.41 bits per heavy atom. The highest BCUT2D eigenvalue weighted by Gasteiger charge is 2.13. The highest BCUT2D eigenvalue weighted by atomic mass is 16.5. The van der Waals surface area contributed by atoms with Crippen LogP contribution in [0.2, 0.25) is 0 Å². The van der Waals surface area contributed by atoms with E-state index in [0.717, 1.165) is 36.4 Å². The summed E-state index contributed by atoms with van der Waals surface area (Å²) in [4.78, 5) is 4.75. The topological polar surface area (TPSA) is 27.1 Å². The third-order valence-corrected chi connectivity index (χ3v) is 5.95. The summed E-state index contributed by atoms with van der Waals surface area (Å²) in [7, 11) is 1.69. The van der Waals surface area contributed by atoms with Crippen molar-refractivity contribution in [2.75, 3.05) is 7.11 Å². The number of benzene rings is 3. The second-order valence-corrected chi connectivity index (χ2v) is 7.96. The molecule has 0 atom stereocenters. The summed E-state index contributed by atoms with van der Waals surface area (Å²) >= 11 is 0. The maximum absolute atomic E-state index is 5.27. The molecule has 0 aliphatic heterocycles. The summed E-state index contributed by atoms with van der Waals surface area (Å²) < 4.78 is 7.71. The molecule has 3 nitrogen and oxygen atoms in total. The number of pyridine rings is 1. The normalized spacial score (nSPS) is 11.5. The molecule has 0 radical (unpaired) electrons. The van der Waals surface area contributed by atoms with Crippen molar-refractivity contribution in [1.29, 1.82) is 0 Å². The third-order valence-electron chi connectivity index (χ3n) is 5.95. The van der Waals surface area contributed by atoms with Crippen molar-refractivity contribution in [3.05, 3.63) is 108 Å². The molecule has 5 rings (SSSR count). The zero-order valence-electron chi connectivity index (χ0n) is 18.2. The Morgan fingerprint density at radius 2 is 1.59 bits per heavy atom. The minimum atomic E-state index is 0.862. The first-order valence-corrected chi connectivity index (χ1v) is 11.1. The Bertz CT molecular complexity index is 1370. The van der Waals surface area contributed by atoms with Crippen LogP contribution in [0.4, 0.5) is 0 Å². The van der Waals surface area contributed by atoms with Crippen LogP contribution in [0.25, 0.3) is 34.0 Å². The van der Waals surface area contributed by atoms with Crippen molar-refractivity contribution >= 4 is 34.0 Å². The lowest BCUT2D eigenvalue weighted by Gasteiger charge is -2.09. The van der Waals surface area contributed by atoms with Gasteiger partial charge in [-0.3, -0.25) is 4.98 Å². The second-order valence-electron chi connectivity index (χ2n) is 7.96.